The Hall–Kier alpha value is -2.32. The SMILES string of the molecule is CN1CCCC1=NCC(Sc1csc2ccccc12)C(=CC(=O)O)C(=O)O. The van der Waals surface area contributed by atoms with Gasteiger partial charge >= 0.3 is 11.9 Å². The molecule has 1 atom stereocenters. The smallest absolute Gasteiger partial charge is 0.333 e. The van der Waals surface area contributed by atoms with Crippen LogP contribution in [0, 0.1) is 0 Å². The van der Waals surface area contributed by atoms with Crippen molar-refractivity contribution in [1.29, 1.82) is 0 Å². The van der Waals surface area contributed by atoms with Crippen LogP contribution in [0.1, 0.15) is 12.8 Å². The maximum Gasteiger partial charge on any atom is 0.333 e. The van der Waals surface area contributed by atoms with E-state index in [0.29, 0.717) is 0 Å². The Bertz CT molecular complexity index is 919. The zero-order valence-corrected chi connectivity index (χ0v) is 16.4. The number of carbonyl (C=O) groups is 2. The van der Waals surface area contributed by atoms with Crippen molar-refractivity contribution in [1.82, 2.24) is 4.90 Å². The average molecular weight is 405 g/mol. The minimum absolute atomic E-state index is 0.146. The first-order valence-electron chi connectivity index (χ1n) is 8.51. The normalized spacial score (nSPS) is 17.6. The number of hydrogen-bond donors (Lipinski definition) is 2. The molecule has 0 saturated carbocycles. The first-order valence-corrected chi connectivity index (χ1v) is 10.3. The highest BCUT2D eigenvalue weighted by molar-refractivity contribution is 8.00. The maximum atomic E-state index is 11.7. The number of aliphatic imine (C=N–C) groups is 1. The first kappa shape index (κ1) is 19.4. The van der Waals surface area contributed by atoms with Crippen molar-refractivity contribution in [3.8, 4) is 0 Å². The molecule has 2 aromatic rings. The molecule has 0 radical (unpaired) electrons. The molecule has 8 heteroatoms. The number of nitrogens with zero attached hydrogens (tertiary/aromatic N) is 2. The van der Waals surface area contributed by atoms with Crippen LogP contribution in [0.4, 0.5) is 0 Å². The summed E-state index contributed by atoms with van der Waals surface area (Å²) in [6.07, 6.45) is 2.67. The molecule has 1 unspecified atom stereocenters. The number of amidine groups is 1. The van der Waals surface area contributed by atoms with Crippen molar-refractivity contribution in [2.75, 3.05) is 20.1 Å². The number of carboxylic acid groups (broad SMARTS) is 2. The lowest BCUT2D eigenvalue weighted by atomic mass is 10.1. The molecule has 142 valence electrons. The van der Waals surface area contributed by atoms with E-state index in [2.05, 4.69) is 9.89 Å². The third-order valence-corrected chi connectivity index (χ3v) is 6.75. The molecule has 0 spiro atoms. The number of aliphatic carboxylic acids is 2. The highest BCUT2D eigenvalue weighted by atomic mass is 32.2. The van der Waals surface area contributed by atoms with E-state index < -0.39 is 17.2 Å². The van der Waals surface area contributed by atoms with Crippen LogP contribution in [0.3, 0.4) is 0 Å². The Balaban J connectivity index is 1.93. The molecule has 3 rings (SSSR count). The summed E-state index contributed by atoms with van der Waals surface area (Å²) in [5, 5.41) is 21.1. The van der Waals surface area contributed by atoms with Crippen LogP contribution in [0.2, 0.25) is 0 Å². The van der Waals surface area contributed by atoms with Gasteiger partial charge in [0.1, 0.15) is 0 Å². The molecule has 0 amide bonds. The molecule has 1 aliphatic heterocycles. The van der Waals surface area contributed by atoms with Crippen molar-refractivity contribution in [2.24, 2.45) is 4.99 Å². The van der Waals surface area contributed by atoms with Gasteiger partial charge in [-0.1, -0.05) is 18.2 Å². The molecule has 0 bridgehead atoms. The van der Waals surface area contributed by atoms with Crippen LogP contribution in [0.15, 0.2) is 51.2 Å². The fourth-order valence-corrected chi connectivity index (χ4v) is 5.32. The van der Waals surface area contributed by atoms with Gasteiger partial charge in [0.15, 0.2) is 0 Å². The Morgan fingerprint density at radius 1 is 1.37 bits per heavy atom. The van der Waals surface area contributed by atoms with Crippen molar-refractivity contribution in [3.63, 3.8) is 0 Å². The molecule has 2 N–H and O–H groups in total. The molecular formula is C19H20N2O4S2. The molecular weight excluding hydrogens is 384 g/mol. The van der Waals surface area contributed by atoms with Gasteiger partial charge < -0.3 is 15.1 Å². The van der Waals surface area contributed by atoms with E-state index in [1.165, 1.54) is 11.8 Å². The molecule has 6 nitrogen and oxygen atoms in total. The van der Waals surface area contributed by atoms with E-state index in [0.717, 1.165) is 46.3 Å². The van der Waals surface area contributed by atoms with E-state index >= 15 is 0 Å². The van der Waals surface area contributed by atoms with Crippen molar-refractivity contribution >= 4 is 51.0 Å². The molecule has 1 aromatic heterocycles. The lowest BCUT2D eigenvalue weighted by Crippen LogP contribution is -2.23. The van der Waals surface area contributed by atoms with E-state index in [1.54, 1.807) is 11.3 Å². The fraction of sp³-hybridized carbons (Fsp3) is 0.316. The van der Waals surface area contributed by atoms with Crippen LogP contribution in [-0.2, 0) is 9.59 Å². The monoisotopic (exact) mass is 404 g/mol. The van der Waals surface area contributed by atoms with E-state index in [4.69, 9.17) is 5.11 Å². The largest absolute Gasteiger partial charge is 0.478 e. The zero-order valence-electron chi connectivity index (χ0n) is 14.8. The summed E-state index contributed by atoms with van der Waals surface area (Å²) >= 11 is 2.95. The second kappa shape index (κ2) is 8.58. The number of rotatable bonds is 7. The Labute approximate surface area is 165 Å². The summed E-state index contributed by atoms with van der Waals surface area (Å²) in [4.78, 5) is 30.5. The standard InChI is InChI=1S/C19H20N2O4S2/c1-21-8-4-7-17(21)20-10-15(13(19(24)25)9-18(22)23)27-16-11-26-14-6-3-2-5-12(14)16/h2-3,5-6,9,11,15H,4,7-8,10H2,1H3,(H,22,23)(H,24,25). The summed E-state index contributed by atoms with van der Waals surface area (Å²) in [7, 11) is 1.96. The Morgan fingerprint density at radius 2 is 2.15 bits per heavy atom. The van der Waals surface area contributed by atoms with Crippen LogP contribution in [0.5, 0.6) is 0 Å². The first-order chi connectivity index (χ1) is 13.0. The molecule has 1 aliphatic rings. The molecule has 1 fully saturated rings. The predicted molar refractivity (Wildman–Crippen MR) is 109 cm³/mol. The summed E-state index contributed by atoms with van der Waals surface area (Å²) in [6.45, 7) is 1.16. The topological polar surface area (TPSA) is 90.2 Å². The van der Waals surface area contributed by atoms with E-state index in [9.17, 15) is 14.7 Å². The van der Waals surface area contributed by atoms with Crippen LogP contribution in [0.25, 0.3) is 10.1 Å². The molecule has 1 saturated heterocycles. The van der Waals surface area contributed by atoms with Crippen LogP contribution in [-0.4, -0.2) is 58.3 Å². The molecule has 2 heterocycles. The maximum absolute atomic E-state index is 11.7. The Kier molecular flexibility index (Phi) is 6.18. The number of fused-ring (bicyclic) bond motifs is 1. The quantitative estimate of drug-likeness (QED) is 0.541. The Morgan fingerprint density at radius 3 is 2.81 bits per heavy atom. The van der Waals surface area contributed by atoms with Gasteiger partial charge in [0.25, 0.3) is 0 Å². The minimum Gasteiger partial charge on any atom is -0.478 e. The lowest BCUT2D eigenvalue weighted by Gasteiger charge is -2.17. The van der Waals surface area contributed by atoms with Crippen molar-refractivity contribution in [2.45, 2.75) is 23.0 Å². The van der Waals surface area contributed by atoms with Gasteiger partial charge in [0, 0.05) is 46.5 Å². The van der Waals surface area contributed by atoms with Gasteiger partial charge in [-0.15, -0.1) is 23.1 Å². The zero-order chi connectivity index (χ0) is 19.4. The summed E-state index contributed by atoms with van der Waals surface area (Å²) < 4.78 is 1.11. The summed E-state index contributed by atoms with van der Waals surface area (Å²) in [5.74, 6) is -1.55. The molecule has 0 aliphatic carbocycles. The van der Waals surface area contributed by atoms with Crippen molar-refractivity contribution < 1.29 is 19.8 Å². The van der Waals surface area contributed by atoms with Gasteiger partial charge in [-0.05, 0) is 12.5 Å². The van der Waals surface area contributed by atoms with Crippen molar-refractivity contribution in [3.05, 3.63) is 41.3 Å². The average Bonchev–Trinajstić information content (AvgIpc) is 3.22. The number of thioether (sulfide) groups is 1. The second-order valence-electron chi connectivity index (χ2n) is 6.23. The number of carboxylic acids is 2. The van der Waals surface area contributed by atoms with E-state index in [-0.39, 0.29) is 12.1 Å². The van der Waals surface area contributed by atoms with Gasteiger partial charge in [0.2, 0.25) is 0 Å². The van der Waals surface area contributed by atoms with Crippen LogP contribution >= 0.6 is 23.1 Å². The highest BCUT2D eigenvalue weighted by Crippen LogP contribution is 2.37. The number of hydrogen-bond acceptors (Lipinski definition) is 5. The predicted octanol–water partition coefficient (Wildman–Crippen LogP) is 3.58. The molecule has 27 heavy (non-hydrogen) atoms. The lowest BCUT2D eigenvalue weighted by molar-refractivity contribution is -0.135. The number of thiophene rings is 1. The fourth-order valence-electron chi connectivity index (χ4n) is 3.00. The minimum atomic E-state index is -1.26. The van der Waals surface area contributed by atoms with Gasteiger partial charge in [0.05, 0.1) is 23.2 Å². The van der Waals surface area contributed by atoms with Gasteiger partial charge in [-0.3, -0.25) is 4.99 Å². The third-order valence-electron chi connectivity index (χ3n) is 4.36. The second-order valence-corrected chi connectivity index (χ2v) is 8.38. The number of likely N-dealkylation sites (tertiary alicyclic amines) is 1. The summed E-state index contributed by atoms with van der Waals surface area (Å²) in [5.41, 5.74) is -0.146. The highest BCUT2D eigenvalue weighted by Gasteiger charge is 2.25. The number of benzene rings is 1. The molecule has 1 aromatic carbocycles. The summed E-state index contributed by atoms with van der Waals surface area (Å²) in [6, 6.07) is 7.90. The van der Waals surface area contributed by atoms with Gasteiger partial charge in [-0.2, -0.15) is 0 Å². The van der Waals surface area contributed by atoms with Crippen LogP contribution < -0.4 is 0 Å². The van der Waals surface area contributed by atoms with Gasteiger partial charge in [-0.25, -0.2) is 9.59 Å². The third kappa shape index (κ3) is 4.70. The van der Waals surface area contributed by atoms with E-state index in [1.807, 2.05) is 36.7 Å².